The van der Waals surface area contributed by atoms with E-state index >= 15 is 0 Å². The zero-order chi connectivity index (χ0) is 11.9. The second-order valence-corrected chi connectivity index (χ2v) is 6.91. The quantitative estimate of drug-likeness (QED) is 0.594. The first-order valence-corrected chi connectivity index (χ1v) is 7.98. The molecule has 0 bridgehead atoms. The number of hydrogen-bond acceptors (Lipinski definition) is 2. The third-order valence-electron chi connectivity index (χ3n) is 3.60. The molecule has 2 aliphatic rings. The normalized spacial score (nSPS) is 16.9. The summed E-state index contributed by atoms with van der Waals surface area (Å²) in [6, 6.07) is 15.6. The van der Waals surface area contributed by atoms with Gasteiger partial charge in [-0.25, -0.2) is 0 Å². The van der Waals surface area contributed by atoms with Crippen molar-refractivity contribution in [1.29, 1.82) is 0 Å². The summed E-state index contributed by atoms with van der Waals surface area (Å²) in [7, 11) is 0. The lowest BCUT2D eigenvalue weighted by Crippen LogP contribution is -1.93. The number of fused-ring (bicyclic) bond motifs is 3. The predicted molar refractivity (Wildman–Crippen MR) is 81.7 cm³/mol. The average Bonchev–Trinajstić information content (AvgIpc) is 3.05. The second kappa shape index (κ2) is 4.22. The topological polar surface area (TPSA) is 0 Å². The van der Waals surface area contributed by atoms with E-state index in [0.717, 1.165) is 6.42 Å². The minimum atomic E-state index is 0.550. The smallest absolute Gasteiger partial charge is 0.0837 e. The van der Waals surface area contributed by atoms with Gasteiger partial charge in [-0.05, 0) is 45.1 Å². The van der Waals surface area contributed by atoms with Crippen LogP contribution >= 0.6 is 23.5 Å². The van der Waals surface area contributed by atoms with Gasteiger partial charge in [-0.2, -0.15) is 0 Å². The van der Waals surface area contributed by atoms with Crippen LogP contribution in [0.3, 0.4) is 0 Å². The van der Waals surface area contributed by atoms with Crippen molar-refractivity contribution in [2.24, 2.45) is 0 Å². The molecule has 2 aromatic carbocycles. The molecule has 0 amide bonds. The van der Waals surface area contributed by atoms with Crippen molar-refractivity contribution < 1.29 is 0 Å². The van der Waals surface area contributed by atoms with Crippen LogP contribution in [0.2, 0.25) is 0 Å². The number of rotatable bonds is 1. The average molecular weight is 268 g/mol. The fourth-order valence-electron chi connectivity index (χ4n) is 2.79. The zero-order valence-corrected chi connectivity index (χ0v) is 11.4. The maximum atomic E-state index is 2.29. The van der Waals surface area contributed by atoms with Gasteiger partial charge in [-0.3, -0.25) is 0 Å². The lowest BCUT2D eigenvalue weighted by molar-refractivity contribution is 1.20. The molecule has 0 radical (unpaired) electrons. The van der Waals surface area contributed by atoms with E-state index < -0.39 is 0 Å². The van der Waals surface area contributed by atoms with Gasteiger partial charge in [-0.1, -0.05) is 42.5 Å². The highest BCUT2D eigenvalue weighted by molar-refractivity contribution is 8.21. The molecule has 88 valence electrons. The molecule has 0 saturated carbocycles. The maximum Gasteiger partial charge on any atom is 0.0837 e. The molecule has 2 aromatic rings. The van der Waals surface area contributed by atoms with Gasteiger partial charge in [0.05, 0.1) is 4.58 Å². The molecule has 0 saturated heterocycles. The molecule has 0 nitrogen and oxygen atoms in total. The summed E-state index contributed by atoms with van der Waals surface area (Å²) in [6.07, 6.45) is 1.10. The largest absolute Gasteiger partial charge is 0.114 e. The van der Waals surface area contributed by atoms with Crippen molar-refractivity contribution in [1.82, 2.24) is 0 Å². The van der Waals surface area contributed by atoms with Crippen LogP contribution in [0.1, 0.15) is 21.3 Å². The fraction of sp³-hybridized carbons (Fsp3) is 0.125. The van der Waals surface area contributed by atoms with Gasteiger partial charge < -0.3 is 0 Å². The Bertz CT molecular complexity index is 635. The Hall–Kier alpha value is -1.12. The highest BCUT2D eigenvalue weighted by atomic mass is 32.2. The molecule has 0 atom stereocenters. The minimum Gasteiger partial charge on any atom is -0.114 e. The SMILES string of the molecule is C1=CSC(c2cccc3c2Cc2ccccc2-3)S1. The van der Waals surface area contributed by atoms with E-state index in [2.05, 4.69) is 53.3 Å². The van der Waals surface area contributed by atoms with Crippen molar-refractivity contribution in [3.63, 3.8) is 0 Å². The van der Waals surface area contributed by atoms with Gasteiger partial charge in [0.2, 0.25) is 0 Å². The van der Waals surface area contributed by atoms with Crippen LogP contribution in [0.4, 0.5) is 0 Å². The monoisotopic (exact) mass is 268 g/mol. The van der Waals surface area contributed by atoms with E-state index in [1.807, 2.05) is 23.5 Å². The molecule has 2 heteroatoms. The van der Waals surface area contributed by atoms with Crippen LogP contribution in [0.15, 0.2) is 53.3 Å². The summed E-state index contributed by atoms with van der Waals surface area (Å²) in [5.74, 6) is 0. The summed E-state index contributed by atoms with van der Waals surface area (Å²) in [5, 5.41) is 4.41. The Morgan fingerprint density at radius 3 is 2.50 bits per heavy atom. The number of benzene rings is 2. The molecule has 0 unspecified atom stereocenters. The maximum absolute atomic E-state index is 2.29. The van der Waals surface area contributed by atoms with E-state index in [1.165, 1.54) is 27.8 Å². The van der Waals surface area contributed by atoms with Crippen LogP contribution < -0.4 is 0 Å². The first kappa shape index (κ1) is 10.8. The molecule has 0 N–H and O–H groups in total. The molecular weight excluding hydrogens is 256 g/mol. The Balaban J connectivity index is 1.86. The van der Waals surface area contributed by atoms with E-state index in [-0.39, 0.29) is 0 Å². The molecule has 18 heavy (non-hydrogen) atoms. The van der Waals surface area contributed by atoms with Crippen molar-refractivity contribution in [3.8, 4) is 11.1 Å². The summed E-state index contributed by atoms with van der Waals surface area (Å²) < 4.78 is 0.550. The minimum absolute atomic E-state index is 0.550. The van der Waals surface area contributed by atoms with E-state index in [9.17, 15) is 0 Å². The Labute approximate surface area is 115 Å². The zero-order valence-electron chi connectivity index (χ0n) is 9.80. The fourth-order valence-corrected chi connectivity index (χ4v) is 4.96. The highest BCUT2D eigenvalue weighted by Crippen LogP contribution is 2.50. The number of hydrogen-bond donors (Lipinski definition) is 0. The van der Waals surface area contributed by atoms with E-state index in [0.29, 0.717) is 4.58 Å². The third kappa shape index (κ3) is 1.56. The van der Waals surface area contributed by atoms with Crippen LogP contribution in [0.25, 0.3) is 11.1 Å². The third-order valence-corrected chi connectivity index (χ3v) is 6.03. The summed E-state index contributed by atoms with van der Waals surface area (Å²) in [6.45, 7) is 0. The Morgan fingerprint density at radius 1 is 0.833 bits per heavy atom. The lowest BCUT2D eigenvalue weighted by atomic mass is 10.0. The molecule has 1 heterocycles. The standard InChI is InChI=1S/C16H12S2/c1-2-5-12-11(4-1)10-15-13(12)6-3-7-14(15)16-17-8-9-18-16/h1-9,16H,10H2. The van der Waals surface area contributed by atoms with Crippen LogP contribution in [-0.2, 0) is 6.42 Å². The number of thioether (sulfide) groups is 2. The molecular formula is C16H12S2. The molecule has 0 fully saturated rings. The second-order valence-electron chi connectivity index (χ2n) is 4.58. The predicted octanol–water partition coefficient (Wildman–Crippen LogP) is 5.21. The molecule has 1 aliphatic carbocycles. The van der Waals surface area contributed by atoms with Gasteiger partial charge in [0, 0.05) is 0 Å². The van der Waals surface area contributed by atoms with Crippen LogP contribution in [0, 0.1) is 0 Å². The Kier molecular flexibility index (Phi) is 2.52. The van der Waals surface area contributed by atoms with Crippen molar-refractivity contribution >= 4 is 23.5 Å². The Morgan fingerprint density at radius 2 is 1.61 bits per heavy atom. The first-order valence-electron chi connectivity index (χ1n) is 6.09. The molecule has 0 aromatic heterocycles. The van der Waals surface area contributed by atoms with Crippen LogP contribution in [0.5, 0.6) is 0 Å². The van der Waals surface area contributed by atoms with Crippen molar-refractivity contribution in [2.75, 3.05) is 0 Å². The van der Waals surface area contributed by atoms with Crippen LogP contribution in [-0.4, -0.2) is 0 Å². The van der Waals surface area contributed by atoms with Gasteiger partial charge in [0.1, 0.15) is 0 Å². The van der Waals surface area contributed by atoms with Crippen molar-refractivity contribution in [2.45, 2.75) is 11.0 Å². The summed E-state index contributed by atoms with van der Waals surface area (Å²) in [5.41, 5.74) is 7.38. The van der Waals surface area contributed by atoms with Gasteiger partial charge in [0.15, 0.2) is 0 Å². The van der Waals surface area contributed by atoms with Gasteiger partial charge in [-0.15, -0.1) is 23.5 Å². The van der Waals surface area contributed by atoms with Gasteiger partial charge >= 0.3 is 0 Å². The molecule has 4 rings (SSSR count). The highest BCUT2D eigenvalue weighted by Gasteiger charge is 2.25. The van der Waals surface area contributed by atoms with E-state index in [1.54, 1.807) is 0 Å². The summed E-state index contributed by atoms with van der Waals surface area (Å²) in [4.78, 5) is 0. The lowest BCUT2D eigenvalue weighted by Gasteiger charge is -2.13. The van der Waals surface area contributed by atoms with Crippen molar-refractivity contribution in [3.05, 3.63) is 70.0 Å². The first-order chi connectivity index (χ1) is 8.93. The molecule has 1 aliphatic heterocycles. The summed E-state index contributed by atoms with van der Waals surface area (Å²) >= 11 is 3.85. The van der Waals surface area contributed by atoms with E-state index in [4.69, 9.17) is 0 Å². The molecule has 0 spiro atoms. The van der Waals surface area contributed by atoms with Gasteiger partial charge in [0.25, 0.3) is 0 Å².